The van der Waals surface area contributed by atoms with Crippen LogP contribution in [0, 0.1) is 12.3 Å². The molecule has 92 valence electrons. The van der Waals surface area contributed by atoms with Crippen LogP contribution < -0.4 is 14.8 Å². The lowest BCUT2D eigenvalue weighted by molar-refractivity contribution is 0.387. The molecule has 0 heterocycles. The molecule has 0 aliphatic rings. The highest BCUT2D eigenvalue weighted by Gasteiger charge is 2.14. The third-order valence-corrected chi connectivity index (χ3v) is 2.58. The second kappa shape index (κ2) is 5.60. The number of benzene rings is 1. The molecule has 0 saturated carbocycles. The van der Waals surface area contributed by atoms with Crippen LogP contribution in [0.3, 0.4) is 0 Å². The van der Waals surface area contributed by atoms with Gasteiger partial charge < -0.3 is 9.47 Å². The maximum absolute atomic E-state index is 5.42. The molecule has 1 N–H and O–H groups in total. The minimum absolute atomic E-state index is 0.328. The fraction of sp³-hybridized carbons (Fsp3) is 0.429. The Morgan fingerprint density at radius 2 is 2.00 bits per heavy atom. The molecule has 1 rings (SSSR count). The lowest BCUT2D eigenvalue weighted by Gasteiger charge is -2.20. The first-order chi connectivity index (χ1) is 8.02. The van der Waals surface area contributed by atoms with Crippen LogP contribution in [-0.4, -0.2) is 19.8 Å². The predicted molar refractivity (Wildman–Crippen MR) is 69.3 cm³/mol. The largest absolute Gasteiger partial charge is 0.497 e. The van der Waals surface area contributed by atoms with E-state index in [1.165, 1.54) is 0 Å². The summed E-state index contributed by atoms with van der Waals surface area (Å²) in [6.07, 6.45) is 5.42. The van der Waals surface area contributed by atoms with Gasteiger partial charge in [0.05, 0.1) is 19.8 Å². The molecule has 1 aromatic rings. The number of ether oxygens (including phenoxy) is 2. The highest BCUT2D eigenvalue weighted by Crippen LogP contribution is 2.24. The molecule has 0 aliphatic carbocycles. The molecule has 0 fully saturated rings. The molecule has 3 heteroatoms. The van der Waals surface area contributed by atoms with E-state index in [4.69, 9.17) is 15.9 Å². The Bertz CT molecular complexity index is 419. The average Bonchev–Trinajstić information content (AvgIpc) is 2.36. The lowest BCUT2D eigenvalue weighted by Crippen LogP contribution is -2.36. The average molecular weight is 233 g/mol. The maximum atomic E-state index is 5.42. The van der Waals surface area contributed by atoms with Crippen molar-refractivity contribution in [1.82, 2.24) is 5.32 Å². The van der Waals surface area contributed by atoms with E-state index in [9.17, 15) is 0 Å². The Kier molecular flexibility index (Phi) is 4.42. The van der Waals surface area contributed by atoms with Crippen LogP contribution in [0.1, 0.15) is 19.4 Å². The van der Waals surface area contributed by atoms with E-state index in [0.29, 0.717) is 6.54 Å². The summed E-state index contributed by atoms with van der Waals surface area (Å²) >= 11 is 0. The molecule has 1 aromatic carbocycles. The van der Waals surface area contributed by atoms with Gasteiger partial charge in [-0.05, 0) is 19.9 Å². The smallest absolute Gasteiger partial charge is 0.127 e. The minimum atomic E-state index is -0.328. The van der Waals surface area contributed by atoms with Crippen molar-refractivity contribution in [2.24, 2.45) is 0 Å². The van der Waals surface area contributed by atoms with Crippen LogP contribution in [0.25, 0.3) is 0 Å². The van der Waals surface area contributed by atoms with Crippen molar-refractivity contribution in [3.63, 3.8) is 0 Å². The van der Waals surface area contributed by atoms with Crippen molar-refractivity contribution in [1.29, 1.82) is 0 Å². The molecule has 0 unspecified atom stereocenters. The summed E-state index contributed by atoms with van der Waals surface area (Å²) in [6.45, 7) is 4.58. The third-order valence-electron chi connectivity index (χ3n) is 2.58. The first-order valence-electron chi connectivity index (χ1n) is 5.46. The maximum Gasteiger partial charge on any atom is 0.127 e. The number of methoxy groups -OCH3 is 2. The van der Waals surface area contributed by atoms with Gasteiger partial charge in [0.25, 0.3) is 0 Å². The molecule has 0 aromatic heterocycles. The van der Waals surface area contributed by atoms with Crippen molar-refractivity contribution in [2.75, 3.05) is 14.2 Å². The van der Waals surface area contributed by atoms with E-state index in [1.807, 2.05) is 32.0 Å². The Labute approximate surface area is 103 Å². The van der Waals surface area contributed by atoms with Crippen molar-refractivity contribution >= 4 is 0 Å². The SMILES string of the molecule is C#CC(C)(C)NCc1ccc(OC)cc1OC. The zero-order chi connectivity index (χ0) is 12.9. The summed E-state index contributed by atoms with van der Waals surface area (Å²) in [5.74, 6) is 4.27. The molecule has 0 atom stereocenters. The molecule has 0 radical (unpaired) electrons. The van der Waals surface area contributed by atoms with Crippen molar-refractivity contribution < 1.29 is 9.47 Å². The van der Waals surface area contributed by atoms with Crippen LogP contribution in [0.15, 0.2) is 18.2 Å². The molecular formula is C14H19NO2. The first kappa shape index (κ1) is 13.4. The van der Waals surface area contributed by atoms with Gasteiger partial charge in [-0.2, -0.15) is 0 Å². The topological polar surface area (TPSA) is 30.5 Å². The molecule has 0 spiro atoms. The normalized spacial score (nSPS) is 10.8. The van der Waals surface area contributed by atoms with E-state index in [2.05, 4.69) is 11.2 Å². The summed E-state index contributed by atoms with van der Waals surface area (Å²) in [4.78, 5) is 0. The highest BCUT2D eigenvalue weighted by molar-refractivity contribution is 5.40. The molecule has 0 amide bonds. The Hall–Kier alpha value is -1.66. The summed E-state index contributed by atoms with van der Waals surface area (Å²) in [6, 6.07) is 5.74. The molecule has 3 nitrogen and oxygen atoms in total. The molecule has 0 saturated heterocycles. The van der Waals surface area contributed by atoms with Crippen LogP contribution in [0.2, 0.25) is 0 Å². The minimum Gasteiger partial charge on any atom is -0.497 e. The van der Waals surface area contributed by atoms with Gasteiger partial charge in [0.1, 0.15) is 11.5 Å². The molecule has 0 aliphatic heterocycles. The molecule has 17 heavy (non-hydrogen) atoms. The van der Waals surface area contributed by atoms with Crippen LogP contribution >= 0.6 is 0 Å². The Balaban J connectivity index is 2.81. The van der Waals surface area contributed by atoms with Gasteiger partial charge in [-0.3, -0.25) is 5.32 Å². The zero-order valence-electron chi connectivity index (χ0n) is 10.8. The predicted octanol–water partition coefficient (Wildman–Crippen LogP) is 2.21. The van der Waals surface area contributed by atoms with Crippen molar-refractivity contribution in [2.45, 2.75) is 25.9 Å². The van der Waals surface area contributed by atoms with Crippen molar-refractivity contribution in [3.05, 3.63) is 23.8 Å². The number of hydrogen-bond donors (Lipinski definition) is 1. The quantitative estimate of drug-likeness (QED) is 0.791. The van der Waals surface area contributed by atoms with Gasteiger partial charge in [0, 0.05) is 18.2 Å². The fourth-order valence-corrected chi connectivity index (χ4v) is 1.37. The number of hydrogen-bond acceptors (Lipinski definition) is 3. The summed E-state index contributed by atoms with van der Waals surface area (Å²) < 4.78 is 10.5. The second-order valence-corrected chi connectivity index (χ2v) is 4.30. The van der Waals surface area contributed by atoms with Crippen molar-refractivity contribution in [3.8, 4) is 23.8 Å². The summed E-state index contributed by atoms with van der Waals surface area (Å²) in [7, 11) is 3.28. The van der Waals surface area contributed by atoms with Crippen LogP contribution in [0.5, 0.6) is 11.5 Å². The van der Waals surface area contributed by atoms with Crippen LogP contribution in [0.4, 0.5) is 0 Å². The number of rotatable bonds is 5. The Morgan fingerprint density at radius 1 is 1.29 bits per heavy atom. The first-order valence-corrected chi connectivity index (χ1v) is 5.46. The van der Waals surface area contributed by atoms with Gasteiger partial charge in [-0.15, -0.1) is 6.42 Å². The van der Waals surface area contributed by atoms with Gasteiger partial charge in [0.2, 0.25) is 0 Å². The van der Waals surface area contributed by atoms with E-state index in [0.717, 1.165) is 17.1 Å². The van der Waals surface area contributed by atoms with Gasteiger partial charge in [0.15, 0.2) is 0 Å². The van der Waals surface area contributed by atoms with E-state index in [1.54, 1.807) is 14.2 Å². The van der Waals surface area contributed by atoms with E-state index >= 15 is 0 Å². The second-order valence-electron chi connectivity index (χ2n) is 4.30. The van der Waals surface area contributed by atoms with Gasteiger partial charge in [-0.1, -0.05) is 12.0 Å². The molecular weight excluding hydrogens is 214 g/mol. The number of nitrogens with one attached hydrogen (secondary N) is 1. The van der Waals surface area contributed by atoms with Crippen LogP contribution in [-0.2, 0) is 6.54 Å². The van der Waals surface area contributed by atoms with E-state index < -0.39 is 0 Å². The Morgan fingerprint density at radius 3 is 2.53 bits per heavy atom. The summed E-state index contributed by atoms with van der Waals surface area (Å²) in [5, 5.41) is 3.28. The lowest BCUT2D eigenvalue weighted by atomic mass is 10.1. The summed E-state index contributed by atoms with van der Waals surface area (Å²) in [5.41, 5.74) is 0.724. The highest BCUT2D eigenvalue weighted by atomic mass is 16.5. The van der Waals surface area contributed by atoms with Gasteiger partial charge >= 0.3 is 0 Å². The van der Waals surface area contributed by atoms with Gasteiger partial charge in [-0.25, -0.2) is 0 Å². The fourth-order valence-electron chi connectivity index (χ4n) is 1.37. The standard InChI is InChI=1S/C14H19NO2/c1-6-14(2,3)15-10-11-7-8-12(16-4)9-13(11)17-5/h1,7-9,15H,10H2,2-5H3. The third kappa shape index (κ3) is 3.69. The zero-order valence-corrected chi connectivity index (χ0v) is 10.8. The van der Waals surface area contributed by atoms with E-state index in [-0.39, 0.29) is 5.54 Å². The molecule has 0 bridgehead atoms. The number of terminal acetylenes is 1. The monoisotopic (exact) mass is 233 g/mol.